The van der Waals surface area contributed by atoms with E-state index in [9.17, 15) is 0 Å². The third kappa shape index (κ3) is 3.80. The van der Waals surface area contributed by atoms with E-state index in [2.05, 4.69) is 57.7 Å². The van der Waals surface area contributed by atoms with E-state index in [0.717, 1.165) is 55.2 Å². The van der Waals surface area contributed by atoms with Crippen LogP contribution in [0.2, 0.25) is 0 Å². The molecule has 0 spiro atoms. The molecule has 0 radical (unpaired) electrons. The Morgan fingerprint density at radius 1 is 1.10 bits per heavy atom. The summed E-state index contributed by atoms with van der Waals surface area (Å²) in [5, 5.41) is 11.2. The Hall–Kier alpha value is -2.99. The van der Waals surface area contributed by atoms with Crippen LogP contribution >= 0.6 is 0 Å². The molecule has 0 atom stereocenters. The van der Waals surface area contributed by atoms with Crippen molar-refractivity contribution in [1.82, 2.24) is 15.1 Å². The van der Waals surface area contributed by atoms with E-state index in [-0.39, 0.29) is 0 Å². The standard InChI is InChI=1S/C23H26N4O2/c1-16-4-2-3-5-20(16)25-19-8-10-27(11-9-19)14-18-13-24-26-23(18)17-6-7-21-22(12-17)29-15-28-21/h2-7,12-13,19,25H,8-11,14-15H2,1H3,(H,24,26). The molecule has 5 rings (SSSR count). The van der Waals surface area contributed by atoms with Gasteiger partial charge in [-0.3, -0.25) is 10.00 Å². The van der Waals surface area contributed by atoms with E-state index in [1.165, 1.54) is 16.8 Å². The van der Waals surface area contributed by atoms with Gasteiger partial charge in [0.2, 0.25) is 6.79 Å². The SMILES string of the molecule is Cc1ccccc1NC1CCN(Cc2cn[nH]c2-c2ccc3c(c2)OCO3)CC1. The van der Waals surface area contributed by atoms with Crippen molar-refractivity contribution in [1.29, 1.82) is 0 Å². The first-order valence-electron chi connectivity index (χ1n) is 10.2. The van der Waals surface area contributed by atoms with Gasteiger partial charge in [0.15, 0.2) is 11.5 Å². The summed E-state index contributed by atoms with van der Waals surface area (Å²) in [6.07, 6.45) is 4.23. The lowest BCUT2D eigenvalue weighted by Crippen LogP contribution is -2.38. The van der Waals surface area contributed by atoms with Crippen molar-refractivity contribution in [2.75, 3.05) is 25.2 Å². The van der Waals surface area contributed by atoms with Crippen LogP contribution in [-0.4, -0.2) is 41.0 Å². The number of para-hydroxylation sites is 1. The summed E-state index contributed by atoms with van der Waals surface area (Å²) in [7, 11) is 0. The molecule has 0 amide bonds. The first-order chi connectivity index (χ1) is 14.3. The molecule has 29 heavy (non-hydrogen) atoms. The van der Waals surface area contributed by atoms with Gasteiger partial charge in [-0.2, -0.15) is 5.10 Å². The molecule has 3 heterocycles. The molecule has 3 aromatic rings. The molecule has 0 aliphatic carbocycles. The number of anilines is 1. The molecule has 1 aromatic heterocycles. The normalized spacial score (nSPS) is 16.9. The van der Waals surface area contributed by atoms with Crippen molar-refractivity contribution < 1.29 is 9.47 Å². The van der Waals surface area contributed by atoms with Crippen LogP contribution in [0.4, 0.5) is 5.69 Å². The lowest BCUT2D eigenvalue weighted by Gasteiger charge is -2.33. The average molecular weight is 390 g/mol. The van der Waals surface area contributed by atoms with Gasteiger partial charge in [0.05, 0.1) is 11.9 Å². The molecule has 1 fully saturated rings. The molecule has 2 aliphatic rings. The topological polar surface area (TPSA) is 62.4 Å². The number of hydrogen-bond acceptors (Lipinski definition) is 5. The number of likely N-dealkylation sites (tertiary alicyclic amines) is 1. The Bertz CT molecular complexity index is 992. The van der Waals surface area contributed by atoms with Crippen LogP contribution in [0.25, 0.3) is 11.3 Å². The van der Waals surface area contributed by atoms with Crippen molar-refractivity contribution in [3.63, 3.8) is 0 Å². The first kappa shape index (κ1) is 18.1. The highest BCUT2D eigenvalue weighted by Gasteiger charge is 2.22. The van der Waals surface area contributed by atoms with Gasteiger partial charge in [-0.05, 0) is 49.6 Å². The zero-order valence-electron chi connectivity index (χ0n) is 16.6. The van der Waals surface area contributed by atoms with E-state index >= 15 is 0 Å². The summed E-state index contributed by atoms with van der Waals surface area (Å²) < 4.78 is 10.9. The number of nitrogens with zero attached hydrogens (tertiary/aromatic N) is 2. The third-order valence-electron chi connectivity index (χ3n) is 5.87. The van der Waals surface area contributed by atoms with Gasteiger partial charge in [-0.1, -0.05) is 18.2 Å². The number of ether oxygens (including phenoxy) is 2. The van der Waals surface area contributed by atoms with Gasteiger partial charge < -0.3 is 14.8 Å². The summed E-state index contributed by atoms with van der Waals surface area (Å²) in [5.74, 6) is 1.60. The van der Waals surface area contributed by atoms with Crippen LogP contribution in [0.3, 0.4) is 0 Å². The monoisotopic (exact) mass is 390 g/mol. The average Bonchev–Trinajstić information content (AvgIpc) is 3.40. The highest BCUT2D eigenvalue weighted by atomic mass is 16.7. The summed E-state index contributed by atoms with van der Waals surface area (Å²) in [4.78, 5) is 2.51. The van der Waals surface area contributed by atoms with Crippen LogP contribution in [-0.2, 0) is 6.54 Å². The van der Waals surface area contributed by atoms with Gasteiger partial charge >= 0.3 is 0 Å². The van der Waals surface area contributed by atoms with Crippen LogP contribution in [0.5, 0.6) is 11.5 Å². The Labute approximate surface area is 170 Å². The maximum Gasteiger partial charge on any atom is 0.231 e. The predicted octanol–water partition coefficient (Wildman–Crippen LogP) is 4.19. The molecule has 0 unspecified atom stereocenters. The van der Waals surface area contributed by atoms with Crippen LogP contribution < -0.4 is 14.8 Å². The second-order valence-corrected chi connectivity index (χ2v) is 7.85. The van der Waals surface area contributed by atoms with E-state index in [1.807, 2.05) is 18.3 Å². The molecule has 2 aromatic carbocycles. The molecule has 150 valence electrons. The minimum atomic E-state index is 0.292. The van der Waals surface area contributed by atoms with E-state index in [1.54, 1.807) is 0 Å². The maximum atomic E-state index is 5.52. The molecule has 0 bridgehead atoms. The molecule has 6 heteroatoms. The number of piperidine rings is 1. The summed E-state index contributed by atoms with van der Waals surface area (Å²) in [6, 6.07) is 15.1. The van der Waals surface area contributed by atoms with Crippen molar-refractivity contribution in [2.24, 2.45) is 0 Å². The lowest BCUT2D eigenvalue weighted by molar-refractivity contribution is 0.174. The minimum Gasteiger partial charge on any atom is -0.454 e. The number of fused-ring (bicyclic) bond motifs is 1. The molecule has 0 saturated carbocycles. The van der Waals surface area contributed by atoms with Gasteiger partial charge in [0, 0.05) is 42.5 Å². The number of benzene rings is 2. The van der Waals surface area contributed by atoms with Crippen LogP contribution in [0.1, 0.15) is 24.0 Å². The highest BCUT2D eigenvalue weighted by Crippen LogP contribution is 2.36. The molecule has 2 N–H and O–H groups in total. The van der Waals surface area contributed by atoms with E-state index in [0.29, 0.717) is 12.8 Å². The van der Waals surface area contributed by atoms with Crippen molar-refractivity contribution in [3.05, 3.63) is 59.8 Å². The summed E-state index contributed by atoms with van der Waals surface area (Å²) in [6.45, 7) is 5.51. The Morgan fingerprint density at radius 2 is 1.93 bits per heavy atom. The summed E-state index contributed by atoms with van der Waals surface area (Å²) >= 11 is 0. The number of H-pyrrole nitrogens is 1. The molecule has 2 aliphatic heterocycles. The number of aromatic nitrogens is 2. The van der Waals surface area contributed by atoms with Crippen LogP contribution in [0, 0.1) is 6.92 Å². The predicted molar refractivity (Wildman–Crippen MR) is 113 cm³/mol. The smallest absolute Gasteiger partial charge is 0.231 e. The van der Waals surface area contributed by atoms with E-state index < -0.39 is 0 Å². The zero-order valence-corrected chi connectivity index (χ0v) is 16.6. The molecule has 6 nitrogen and oxygen atoms in total. The second-order valence-electron chi connectivity index (χ2n) is 7.85. The van der Waals surface area contributed by atoms with E-state index in [4.69, 9.17) is 9.47 Å². The van der Waals surface area contributed by atoms with Crippen LogP contribution in [0.15, 0.2) is 48.7 Å². The second kappa shape index (κ2) is 7.79. The molecular weight excluding hydrogens is 364 g/mol. The number of hydrogen-bond donors (Lipinski definition) is 2. The van der Waals surface area contributed by atoms with Gasteiger partial charge in [0.1, 0.15) is 0 Å². The van der Waals surface area contributed by atoms with Gasteiger partial charge in [-0.25, -0.2) is 0 Å². The number of aryl methyl sites for hydroxylation is 1. The third-order valence-corrected chi connectivity index (χ3v) is 5.87. The molecular formula is C23H26N4O2. The summed E-state index contributed by atoms with van der Waals surface area (Å²) in [5.41, 5.74) is 5.92. The van der Waals surface area contributed by atoms with Crippen molar-refractivity contribution in [2.45, 2.75) is 32.4 Å². The minimum absolute atomic E-state index is 0.292. The fraction of sp³-hybridized carbons (Fsp3) is 0.348. The Morgan fingerprint density at radius 3 is 2.79 bits per heavy atom. The zero-order chi connectivity index (χ0) is 19.6. The van der Waals surface area contributed by atoms with Gasteiger partial charge in [0.25, 0.3) is 0 Å². The fourth-order valence-electron chi connectivity index (χ4n) is 4.16. The Kier molecular flexibility index (Phi) is 4.86. The first-order valence-corrected chi connectivity index (χ1v) is 10.2. The maximum absolute atomic E-state index is 5.52. The van der Waals surface area contributed by atoms with Crippen molar-refractivity contribution >= 4 is 5.69 Å². The quantitative estimate of drug-likeness (QED) is 0.684. The fourth-order valence-corrected chi connectivity index (χ4v) is 4.16. The molecule has 1 saturated heterocycles. The van der Waals surface area contributed by atoms with Gasteiger partial charge in [-0.15, -0.1) is 0 Å². The lowest BCUT2D eigenvalue weighted by atomic mass is 10.0. The Balaban J connectivity index is 1.22. The number of nitrogens with one attached hydrogen (secondary N) is 2. The number of aromatic amines is 1. The highest BCUT2D eigenvalue weighted by molar-refractivity contribution is 5.67. The largest absolute Gasteiger partial charge is 0.454 e. The van der Waals surface area contributed by atoms with Crippen molar-refractivity contribution in [3.8, 4) is 22.8 Å². The number of rotatable bonds is 5.